The number of fused-ring (bicyclic) bond motifs is 1. The highest BCUT2D eigenvalue weighted by molar-refractivity contribution is 7.99. The van der Waals surface area contributed by atoms with Crippen molar-refractivity contribution in [3.8, 4) is 34.2 Å². The average molecular weight is 495 g/mol. The maximum absolute atomic E-state index is 13.0. The van der Waals surface area contributed by atoms with Gasteiger partial charge in [-0.15, -0.1) is 21.5 Å². The maximum atomic E-state index is 13.0. The fourth-order valence-electron chi connectivity index (χ4n) is 3.83. The van der Waals surface area contributed by atoms with Crippen molar-refractivity contribution in [2.45, 2.75) is 18.6 Å². The van der Waals surface area contributed by atoms with Gasteiger partial charge in [0.2, 0.25) is 11.8 Å². The first-order chi connectivity index (χ1) is 16.5. The average Bonchev–Trinajstić information content (AvgIpc) is 3.61. The molecular weight excluding hydrogens is 472 g/mol. The normalized spacial score (nSPS) is 12.6. The van der Waals surface area contributed by atoms with E-state index >= 15 is 0 Å². The van der Waals surface area contributed by atoms with Gasteiger partial charge in [0, 0.05) is 34.8 Å². The minimum Gasteiger partial charge on any atom is -0.497 e. The second-order valence-corrected chi connectivity index (χ2v) is 9.64. The summed E-state index contributed by atoms with van der Waals surface area (Å²) in [6.07, 6.45) is 0.824. The molecular formula is C24H22N4O4S2. The minimum absolute atomic E-state index is 0.00352. The maximum Gasteiger partial charge on any atom is 0.277 e. The van der Waals surface area contributed by atoms with Gasteiger partial charge in [0.25, 0.3) is 5.22 Å². The van der Waals surface area contributed by atoms with Crippen LogP contribution in [0.4, 0.5) is 5.69 Å². The third kappa shape index (κ3) is 4.51. The SMILES string of the molecule is COc1cc(OC)cc(-c2nnc(SCC(=O)N3CCc4cc(-c5csc(C)n5)ccc43)o2)c1. The molecule has 34 heavy (non-hydrogen) atoms. The molecule has 0 saturated heterocycles. The number of benzene rings is 2. The molecule has 0 saturated carbocycles. The molecule has 0 bridgehead atoms. The first-order valence-corrected chi connectivity index (χ1v) is 12.5. The van der Waals surface area contributed by atoms with Gasteiger partial charge in [0.1, 0.15) is 11.5 Å². The molecule has 2 aromatic heterocycles. The number of amides is 1. The van der Waals surface area contributed by atoms with Crippen molar-refractivity contribution in [2.24, 2.45) is 0 Å². The number of rotatable bonds is 7. The van der Waals surface area contributed by atoms with E-state index in [0.717, 1.165) is 33.9 Å². The lowest BCUT2D eigenvalue weighted by Crippen LogP contribution is -2.30. The van der Waals surface area contributed by atoms with Crippen LogP contribution >= 0.6 is 23.1 Å². The van der Waals surface area contributed by atoms with Gasteiger partial charge in [-0.3, -0.25) is 4.79 Å². The smallest absolute Gasteiger partial charge is 0.277 e. The van der Waals surface area contributed by atoms with Crippen LogP contribution in [0.2, 0.25) is 0 Å². The van der Waals surface area contributed by atoms with E-state index in [1.165, 1.54) is 11.8 Å². The molecule has 0 radical (unpaired) electrons. The topological polar surface area (TPSA) is 90.6 Å². The largest absolute Gasteiger partial charge is 0.497 e. The Kier molecular flexibility index (Phi) is 6.25. The number of nitrogens with zero attached hydrogens (tertiary/aromatic N) is 4. The lowest BCUT2D eigenvalue weighted by Gasteiger charge is -2.16. The lowest BCUT2D eigenvalue weighted by atomic mass is 10.1. The number of ether oxygens (including phenoxy) is 2. The van der Waals surface area contributed by atoms with E-state index < -0.39 is 0 Å². The minimum atomic E-state index is 0.00352. The second kappa shape index (κ2) is 9.47. The number of hydrogen-bond donors (Lipinski definition) is 0. The van der Waals surface area contributed by atoms with E-state index in [4.69, 9.17) is 13.9 Å². The summed E-state index contributed by atoms with van der Waals surface area (Å²) in [6.45, 7) is 2.66. The highest BCUT2D eigenvalue weighted by Gasteiger charge is 2.26. The van der Waals surface area contributed by atoms with Gasteiger partial charge in [0.05, 0.1) is 30.7 Å². The van der Waals surface area contributed by atoms with Gasteiger partial charge in [0.15, 0.2) is 0 Å². The summed E-state index contributed by atoms with van der Waals surface area (Å²) in [5.41, 5.74) is 4.86. The molecule has 2 aromatic carbocycles. The Morgan fingerprint density at radius 2 is 1.91 bits per heavy atom. The number of hydrogen-bond acceptors (Lipinski definition) is 9. The number of anilines is 1. The van der Waals surface area contributed by atoms with Crippen molar-refractivity contribution < 1.29 is 18.7 Å². The molecule has 3 heterocycles. The Hall–Kier alpha value is -3.37. The van der Waals surface area contributed by atoms with Crippen molar-refractivity contribution >= 4 is 34.7 Å². The van der Waals surface area contributed by atoms with Gasteiger partial charge in [-0.1, -0.05) is 17.8 Å². The molecule has 10 heteroatoms. The summed E-state index contributed by atoms with van der Waals surface area (Å²) in [7, 11) is 3.16. The molecule has 174 valence electrons. The van der Waals surface area contributed by atoms with Crippen molar-refractivity contribution in [3.63, 3.8) is 0 Å². The molecule has 5 rings (SSSR count). The van der Waals surface area contributed by atoms with Crippen LogP contribution in [0, 0.1) is 6.92 Å². The zero-order valence-corrected chi connectivity index (χ0v) is 20.5. The first-order valence-electron chi connectivity index (χ1n) is 10.6. The Bertz CT molecular complexity index is 1330. The molecule has 0 N–H and O–H groups in total. The van der Waals surface area contributed by atoms with Crippen LogP contribution in [-0.4, -0.2) is 47.6 Å². The molecule has 0 unspecified atom stereocenters. The van der Waals surface area contributed by atoms with Crippen LogP contribution in [0.25, 0.3) is 22.7 Å². The summed E-state index contributed by atoms with van der Waals surface area (Å²) in [6, 6.07) is 11.5. The van der Waals surface area contributed by atoms with Gasteiger partial charge < -0.3 is 18.8 Å². The quantitative estimate of drug-likeness (QED) is 0.336. The third-order valence-electron chi connectivity index (χ3n) is 5.51. The molecule has 1 amide bonds. The molecule has 1 aliphatic rings. The van der Waals surface area contributed by atoms with Gasteiger partial charge in [-0.2, -0.15) is 0 Å². The Morgan fingerprint density at radius 1 is 1.12 bits per heavy atom. The van der Waals surface area contributed by atoms with Crippen LogP contribution in [0.15, 0.2) is 51.4 Å². The Balaban J connectivity index is 1.25. The van der Waals surface area contributed by atoms with E-state index in [-0.39, 0.29) is 11.7 Å². The van der Waals surface area contributed by atoms with Gasteiger partial charge >= 0.3 is 0 Å². The van der Waals surface area contributed by atoms with Crippen LogP contribution in [0.1, 0.15) is 10.6 Å². The number of thiazole rings is 1. The summed E-state index contributed by atoms with van der Waals surface area (Å²) < 4.78 is 16.4. The Labute approximate surface area is 204 Å². The number of aryl methyl sites for hydroxylation is 1. The predicted octanol–water partition coefficient (Wildman–Crippen LogP) is 4.87. The molecule has 0 fully saturated rings. The zero-order chi connectivity index (χ0) is 23.7. The summed E-state index contributed by atoms with van der Waals surface area (Å²) in [4.78, 5) is 19.3. The second-order valence-electron chi connectivity index (χ2n) is 7.65. The number of carbonyl (C=O) groups excluding carboxylic acids is 1. The van der Waals surface area contributed by atoms with Crippen molar-refractivity contribution in [2.75, 3.05) is 31.4 Å². The summed E-state index contributed by atoms with van der Waals surface area (Å²) >= 11 is 2.86. The van der Waals surface area contributed by atoms with Crippen LogP contribution in [-0.2, 0) is 11.2 Å². The summed E-state index contributed by atoms with van der Waals surface area (Å²) in [5, 5.41) is 11.6. The van der Waals surface area contributed by atoms with E-state index in [1.54, 1.807) is 43.8 Å². The number of methoxy groups -OCH3 is 2. The first kappa shape index (κ1) is 22.4. The molecule has 0 spiro atoms. The van der Waals surface area contributed by atoms with Crippen LogP contribution in [0.3, 0.4) is 0 Å². The summed E-state index contributed by atoms with van der Waals surface area (Å²) in [5.74, 6) is 1.79. The van der Waals surface area contributed by atoms with E-state index in [1.807, 2.05) is 24.0 Å². The molecule has 8 nitrogen and oxygen atoms in total. The Morgan fingerprint density at radius 3 is 2.62 bits per heavy atom. The van der Waals surface area contributed by atoms with Crippen molar-refractivity contribution in [1.82, 2.24) is 15.2 Å². The van der Waals surface area contributed by atoms with Crippen molar-refractivity contribution in [3.05, 3.63) is 52.3 Å². The standard InChI is InChI=1S/C24H22N4O4S2/c1-14-25-20(12-33-14)15-4-5-21-16(8-15)6-7-28(21)22(29)13-34-24-27-26-23(32-24)17-9-18(30-2)11-19(10-17)31-3/h4-5,8-12H,6-7,13H2,1-3H3. The third-order valence-corrected chi connectivity index (χ3v) is 7.09. The van der Waals surface area contributed by atoms with Crippen molar-refractivity contribution in [1.29, 1.82) is 0 Å². The predicted molar refractivity (Wildman–Crippen MR) is 132 cm³/mol. The molecule has 0 aliphatic carbocycles. The van der Waals surface area contributed by atoms with E-state index in [2.05, 4.69) is 26.6 Å². The monoisotopic (exact) mass is 494 g/mol. The van der Waals surface area contributed by atoms with Crippen LogP contribution in [0.5, 0.6) is 11.5 Å². The fourth-order valence-corrected chi connectivity index (χ4v) is 5.09. The van der Waals surface area contributed by atoms with Crippen LogP contribution < -0.4 is 14.4 Å². The highest BCUT2D eigenvalue weighted by Crippen LogP contribution is 2.34. The number of carbonyl (C=O) groups is 1. The molecule has 1 aliphatic heterocycles. The number of aromatic nitrogens is 3. The fraction of sp³-hybridized carbons (Fsp3) is 0.250. The molecule has 4 aromatic rings. The number of thioether (sulfide) groups is 1. The lowest BCUT2D eigenvalue weighted by molar-refractivity contribution is -0.116. The molecule has 0 atom stereocenters. The highest BCUT2D eigenvalue weighted by atomic mass is 32.2. The van der Waals surface area contributed by atoms with Gasteiger partial charge in [-0.05, 0) is 43.2 Å². The van der Waals surface area contributed by atoms with Gasteiger partial charge in [-0.25, -0.2) is 4.98 Å². The zero-order valence-electron chi connectivity index (χ0n) is 18.9. The van der Waals surface area contributed by atoms with E-state index in [9.17, 15) is 4.79 Å². The van der Waals surface area contributed by atoms with E-state index in [0.29, 0.717) is 34.7 Å².